The van der Waals surface area contributed by atoms with Crippen LogP contribution in [0.1, 0.15) is 51.4 Å². The van der Waals surface area contributed by atoms with Crippen molar-refractivity contribution in [3.8, 4) is 0 Å². The van der Waals surface area contributed by atoms with Crippen LogP contribution in [0.25, 0.3) is 0 Å². The molecule has 7 heteroatoms. The summed E-state index contributed by atoms with van der Waals surface area (Å²) in [4.78, 5) is 11.0. The van der Waals surface area contributed by atoms with Gasteiger partial charge in [0, 0.05) is 12.5 Å². The number of hydrogen-bond acceptors (Lipinski definition) is 5. The van der Waals surface area contributed by atoms with E-state index in [-0.39, 0.29) is 30.4 Å². The average molecular weight is 268 g/mol. The highest BCUT2D eigenvalue weighted by atomic mass is 16.5. The van der Waals surface area contributed by atoms with Crippen molar-refractivity contribution in [2.75, 3.05) is 6.61 Å². The monoisotopic (exact) mass is 268 g/mol. The van der Waals surface area contributed by atoms with Crippen LogP contribution in [0.2, 0.25) is 0 Å². The molecule has 0 bridgehead atoms. The van der Waals surface area contributed by atoms with Crippen LogP contribution >= 0.6 is 0 Å². The topological polar surface area (TPSA) is 90.1 Å². The van der Waals surface area contributed by atoms with Crippen LogP contribution < -0.4 is 0 Å². The summed E-state index contributed by atoms with van der Waals surface area (Å²) < 4.78 is 7.22. The van der Waals surface area contributed by atoms with Crippen LogP contribution in [0, 0.1) is 5.92 Å². The first-order valence-electron chi connectivity index (χ1n) is 6.61. The minimum Gasteiger partial charge on any atom is -0.481 e. The summed E-state index contributed by atoms with van der Waals surface area (Å²) >= 11 is 0. The Labute approximate surface area is 111 Å². The van der Waals surface area contributed by atoms with E-state index < -0.39 is 5.97 Å². The number of nitrogens with zero attached hydrogens (tertiary/aromatic N) is 4. The molecule has 1 saturated heterocycles. The number of aliphatic carboxylic acids is 1. The van der Waals surface area contributed by atoms with E-state index in [1.165, 1.54) is 0 Å². The molecule has 1 aliphatic rings. The number of hydrogen-bond donors (Lipinski definition) is 1. The Morgan fingerprint density at radius 1 is 1.58 bits per heavy atom. The summed E-state index contributed by atoms with van der Waals surface area (Å²) in [6.07, 6.45) is 0.972. The van der Waals surface area contributed by atoms with Gasteiger partial charge in [0.25, 0.3) is 0 Å². The van der Waals surface area contributed by atoms with E-state index in [0.717, 1.165) is 12.2 Å². The third kappa shape index (κ3) is 2.91. The first-order chi connectivity index (χ1) is 9.00. The molecule has 0 aromatic carbocycles. The fourth-order valence-corrected chi connectivity index (χ4v) is 2.54. The van der Waals surface area contributed by atoms with Gasteiger partial charge in [-0.05, 0) is 29.7 Å². The number of rotatable bonds is 5. The van der Waals surface area contributed by atoms with Gasteiger partial charge in [0.1, 0.15) is 0 Å². The second-order valence-corrected chi connectivity index (χ2v) is 5.36. The van der Waals surface area contributed by atoms with Crippen LogP contribution in [0.3, 0.4) is 0 Å². The van der Waals surface area contributed by atoms with Crippen molar-refractivity contribution >= 4 is 5.97 Å². The second-order valence-electron chi connectivity index (χ2n) is 5.36. The van der Waals surface area contributed by atoms with Crippen molar-refractivity contribution in [2.45, 2.75) is 51.7 Å². The number of aromatic nitrogens is 4. The highest BCUT2D eigenvalue weighted by molar-refractivity contribution is 5.67. The second kappa shape index (κ2) is 5.64. The highest BCUT2D eigenvalue weighted by Crippen LogP contribution is 2.32. The molecule has 2 rings (SSSR count). The summed E-state index contributed by atoms with van der Waals surface area (Å²) in [7, 11) is 0. The lowest BCUT2D eigenvalue weighted by molar-refractivity contribution is -0.138. The number of tetrazole rings is 1. The van der Waals surface area contributed by atoms with Crippen molar-refractivity contribution in [2.24, 2.45) is 5.92 Å². The van der Waals surface area contributed by atoms with Crippen LogP contribution in [0.5, 0.6) is 0 Å². The predicted octanol–water partition coefficient (Wildman–Crippen LogP) is 1.24. The molecular formula is C12H20N4O3. The molecule has 0 amide bonds. The maximum absolute atomic E-state index is 11.0. The molecule has 19 heavy (non-hydrogen) atoms. The number of ether oxygens (including phenoxy) is 1. The van der Waals surface area contributed by atoms with E-state index in [9.17, 15) is 4.79 Å². The maximum atomic E-state index is 11.0. The van der Waals surface area contributed by atoms with Gasteiger partial charge < -0.3 is 9.84 Å². The van der Waals surface area contributed by atoms with Crippen molar-refractivity contribution in [1.82, 2.24) is 20.2 Å². The molecule has 3 atom stereocenters. The minimum absolute atomic E-state index is 0.0255. The lowest BCUT2D eigenvalue weighted by atomic mass is 9.98. The Bertz CT molecular complexity index is 446. The zero-order chi connectivity index (χ0) is 14.0. The molecule has 1 fully saturated rings. The van der Waals surface area contributed by atoms with Gasteiger partial charge in [-0.2, -0.15) is 0 Å². The Hall–Kier alpha value is -1.50. The van der Waals surface area contributed by atoms with Gasteiger partial charge in [-0.1, -0.05) is 13.8 Å². The Morgan fingerprint density at radius 3 is 2.84 bits per heavy atom. The van der Waals surface area contributed by atoms with Gasteiger partial charge >= 0.3 is 5.97 Å². The van der Waals surface area contributed by atoms with Crippen LogP contribution in [-0.2, 0) is 9.53 Å². The van der Waals surface area contributed by atoms with Gasteiger partial charge in [0.15, 0.2) is 5.82 Å². The Balaban J connectivity index is 2.28. The SMILES string of the molecule is CC(C)C(CC(=O)O)n1nnnc1C1CCOC1C. The zero-order valence-electron chi connectivity index (χ0n) is 11.5. The molecular weight excluding hydrogens is 248 g/mol. The number of carbonyl (C=O) groups is 1. The molecule has 0 aliphatic carbocycles. The molecule has 3 unspecified atom stereocenters. The summed E-state index contributed by atoms with van der Waals surface area (Å²) in [6, 6.07) is -0.227. The van der Waals surface area contributed by atoms with Crippen molar-refractivity contribution < 1.29 is 14.6 Å². The van der Waals surface area contributed by atoms with E-state index >= 15 is 0 Å². The van der Waals surface area contributed by atoms with E-state index in [4.69, 9.17) is 9.84 Å². The number of carboxylic acid groups (broad SMARTS) is 1. The third-order valence-corrected chi connectivity index (χ3v) is 3.69. The minimum atomic E-state index is -0.837. The zero-order valence-corrected chi connectivity index (χ0v) is 11.5. The summed E-state index contributed by atoms with van der Waals surface area (Å²) in [5, 5.41) is 20.9. The molecule has 1 aromatic heterocycles. The van der Waals surface area contributed by atoms with Gasteiger partial charge in [-0.15, -0.1) is 5.10 Å². The Kier molecular flexibility index (Phi) is 4.14. The summed E-state index contributed by atoms with van der Waals surface area (Å²) in [5.41, 5.74) is 0. The van der Waals surface area contributed by atoms with Crippen LogP contribution in [0.4, 0.5) is 0 Å². The van der Waals surface area contributed by atoms with E-state index in [1.807, 2.05) is 20.8 Å². The fraction of sp³-hybridized carbons (Fsp3) is 0.833. The lowest BCUT2D eigenvalue weighted by Crippen LogP contribution is -2.25. The first kappa shape index (κ1) is 13.9. The maximum Gasteiger partial charge on any atom is 0.305 e. The average Bonchev–Trinajstić information content (AvgIpc) is 2.93. The molecule has 0 saturated carbocycles. The van der Waals surface area contributed by atoms with Gasteiger partial charge in [0.2, 0.25) is 0 Å². The molecule has 0 spiro atoms. The molecule has 2 heterocycles. The summed E-state index contributed by atoms with van der Waals surface area (Å²) in [5.74, 6) is 0.196. The lowest BCUT2D eigenvalue weighted by Gasteiger charge is -2.22. The van der Waals surface area contributed by atoms with Gasteiger partial charge in [-0.3, -0.25) is 4.79 Å². The third-order valence-electron chi connectivity index (χ3n) is 3.69. The molecule has 7 nitrogen and oxygen atoms in total. The largest absolute Gasteiger partial charge is 0.481 e. The normalized spacial score (nSPS) is 24.8. The predicted molar refractivity (Wildman–Crippen MR) is 66.7 cm³/mol. The van der Waals surface area contributed by atoms with E-state index in [1.54, 1.807) is 4.68 Å². The molecule has 106 valence electrons. The Morgan fingerprint density at radius 2 is 2.32 bits per heavy atom. The highest BCUT2D eigenvalue weighted by Gasteiger charge is 2.33. The van der Waals surface area contributed by atoms with E-state index in [2.05, 4.69) is 15.5 Å². The molecule has 1 N–H and O–H groups in total. The van der Waals surface area contributed by atoms with Crippen molar-refractivity contribution in [3.05, 3.63) is 5.82 Å². The number of carboxylic acids is 1. The molecule has 1 aromatic rings. The standard InChI is InChI=1S/C12H20N4O3/c1-7(2)10(6-11(17)18)16-12(13-14-15-16)9-4-5-19-8(9)3/h7-10H,4-6H2,1-3H3,(H,17,18). The molecule has 0 radical (unpaired) electrons. The quantitative estimate of drug-likeness (QED) is 0.864. The van der Waals surface area contributed by atoms with Crippen molar-refractivity contribution in [1.29, 1.82) is 0 Å². The molecule has 1 aliphatic heterocycles. The van der Waals surface area contributed by atoms with E-state index in [0.29, 0.717) is 6.61 Å². The van der Waals surface area contributed by atoms with Crippen molar-refractivity contribution in [3.63, 3.8) is 0 Å². The first-order valence-corrected chi connectivity index (χ1v) is 6.61. The van der Waals surface area contributed by atoms with Gasteiger partial charge in [-0.25, -0.2) is 4.68 Å². The fourth-order valence-electron chi connectivity index (χ4n) is 2.54. The van der Waals surface area contributed by atoms with Gasteiger partial charge in [0.05, 0.1) is 18.6 Å². The van der Waals surface area contributed by atoms with Crippen LogP contribution in [-0.4, -0.2) is 44.0 Å². The van der Waals surface area contributed by atoms with Crippen LogP contribution in [0.15, 0.2) is 0 Å². The summed E-state index contributed by atoms with van der Waals surface area (Å²) in [6.45, 7) is 6.66. The smallest absolute Gasteiger partial charge is 0.305 e.